The van der Waals surface area contributed by atoms with E-state index in [1.54, 1.807) is 0 Å². The van der Waals surface area contributed by atoms with Crippen molar-refractivity contribution in [2.24, 2.45) is 46.8 Å². The second kappa shape index (κ2) is 5.27. The topological polar surface area (TPSA) is 43.4 Å². The first kappa shape index (κ1) is 16.8. The van der Waals surface area contributed by atoms with E-state index in [1.165, 1.54) is 31.3 Å². The molecule has 0 aromatic heterocycles. The summed E-state index contributed by atoms with van der Waals surface area (Å²) in [6.45, 7) is 4.84. The normalized spacial score (nSPS) is 55.3. The molecule has 0 radical (unpaired) electrons. The lowest BCUT2D eigenvalue weighted by Gasteiger charge is -2.59. The third-order valence-electron chi connectivity index (χ3n) is 10.1. The van der Waals surface area contributed by atoms with E-state index in [2.05, 4.69) is 13.8 Å². The Hall–Kier alpha value is -1.12. The molecule has 0 aromatic rings. The van der Waals surface area contributed by atoms with Crippen molar-refractivity contribution in [1.29, 1.82) is 0 Å². The van der Waals surface area contributed by atoms with Crippen LogP contribution in [0.3, 0.4) is 0 Å². The smallest absolute Gasteiger partial charge is 0.306 e. The van der Waals surface area contributed by atoms with Crippen LogP contribution in [0.15, 0.2) is 11.6 Å². The van der Waals surface area contributed by atoms with Crippen LogP contribution in [0, 0.1) is 46.8 Å². The second-order valence-corrected chi connectivity index (χ2v) is 10.8. The number of hydrogen-bond donors (Lipinski definition) is 0. The molecule has 3 nitrogen and oxygen atoms in total. The fourth-order valence-electron chi connectivity index (χ4n) is 9.13. The standard InChI is InChI=1S/C24H32O3/c1-3-13-10-14-11-15(25)4-5-16(14)17-6-8-23(2)22(21(13)17)18-12-19(18)24(23)9-7-20(26)27-24/h11,13,16-19,21-22H,3-10,12H2,1-2H3. The number of carbonyl (C=O) groups excluding carboxylic acids is 2. The molecule has 9 atom stereocenters. The number of ether oxygens (including phenoxy) is 1. The monoisotopic (exact) mass is 368 g/mol. The maximum Gasteiger partial charge on any atom is 0.306 e. The van der Waals surface area contributed by atoms with Crippen molar-refractivity contribution in [1.82, 2.24) is 0 Å². The Labute approximate surface area is 162 Å². The van der Waals surface area contributed by atoms with Gasteiger partial charge in [0.25, 0.3) is 0 Å². The minimum Gasteiger partial charge on any atom is -0.458 e. The Morgan fingerprint density at radius 1 is 1.15 bits per heavy atom. The third-order valence-corrected chi connectivity index (χ3v) is 10.1. The quantitative estimate of drug-likeness (QED) is 0.630. The zero-order valence-electron chi connectivity index (χ0n) is 16.7. The van der Waals surface area contributed by atoms with Gasteiger partial charge in [0.2, 0.25) is 0 Å². The molecule has 4 saturated carbocycles. The Morgan fingerprint density at radius 2 is 2.00 bits per heavy atom. The Bertz CT molecular complexity index is 753. The third kappa shape index (κ3) is 1.94. The summed E-state index contributed by atoms with van der Waals surface area (Å²) < 4.78 is 6.21. The van der Waals surface area contributed by atoms with Crippen LogP contribution in [0.1, 0.15) is 71.6 Å². The van der Waals surface area contributed by atoms with Gasteiger partial charge >= 0.3 is 5.97 Å². The minimum atomic E-state index is -0.138. The molecule has 1 heterocycles. The molecule has 0 amide bonds. The van der Waals surface area contributed by atoms with Crippen LogP contribution in [-0.4, -0.2) is 17.4 Å². The fourth-order valence-corrected chi connectivity index (χ4v) is 9.13. The summed E-state index contributed by atoms with van der Waals surface area (Å²) in [7, 11) is 0. The SMILES string of the molecule is CCC1CC2=CC(=O)CCC2C2CCC3(C)C(C4CC4C34CCC(=O)O4)C12. The molecule has 5 fully saturated rings. The lowest BCUT2D eigenvalue weighted by Crippen LogP contribution is -2.56. The number of hydrogen-bond acceptors (Lipinski definition) is 3. The molecule has 3 heteroatoms. The maximum absolute atomic E-state index is 12.1. The fraction of sp³-hybridized carbons (Fsp3) is 0.833. The summed E-state index contributed by atoms with van der Waals surface area (Å²) in [5.74, 6) is 5.47. The number of esters is 1. The molecule has 146 valence electrons. The lowest BCUT2D eigenvalue weighted by atomic mass is 9.46. The average molecular weight is 369 g/mol. The number of allylic oxidation sites excluding steroid dienone is 1. The maximum atomic E-state index is 12.1. The van der Waals surface area contributed by atoms with Crippen molar-refractivity contribution >= 4 is 11.8 Å². The Morgan fingerprint density at radius 3 is 2.74 bits per heavy atom. The molecule has 1 saturated heterocycles. The van der Waals surface area contributed by atoms with Crippen molar-refractivity contribution in [3.63, 3.8) is 0 Å². The van der Waals surface area contributed by atoms with Crippen LogP contribution in [0.4, 0.5) is 0 Å². The molecule has 6 aliphatic rings. The van der Waals surface area contributed by atoms with Gasteiger partial charge in [0.05, 0.1) is 0 Å². The van der Waals surface area contributed by atoms with Crippen molar-refractivity contribution < 1.29 is 14.3 Å². The van der Waals surface area contributed by atoms with Crippen molar-refractivity contribution in [2.75, 3.05) is 0 Å². The van der Waals surface area contributed by atoms with E-state index >= 15 is 0 Å². The Balaban J connectivity index is 1.41. The summed E-state index contributed by atoms with van der Waals surface area (Å²) in [6, 6.07) is 0. The van der Waals surface area contributed by atoms with E-state index in [0.29, 0.717) is 30.0 Å². The highest BCUT2D eigenvalue weighted by molar-refractivity contribution is 5.91. The van der Waals surface area contributed by atoms with Crippen LogP contribution in [0.5, 0.6) is 0 Å². The van der Waals surface area contributed by atoms with Crippen LogP contribution in [0.2, 0.25) is 0 Å². The van der Waals surface area contributed by atoms with Gasteiger partial charge in [-0.15, -0.1) is 0 Å². The van der Waals surface area contributed by atoms with Gasteiger partial charge in [-0.1, -0.05) is 25.8 Å². The summed E-state index contributed by atoms with van der Waals surface area (Å²) >= 11 is 0. The predicted molar refractivity (Wildman–Crippen MR) is 102 cm³/mol. The van der Waals surface area contributed by atoms with E-state index in [4.69, 9.17) is 4.74 Å². The zero-order chi connectivity index (χ0) is 18.6. The highest BCUT2D eigenvalue weighted by atomic mass is 16.6. The summed E-state index contributed by atoms with van der Waals surface area (Å²) in [6.07, 6.45) is 11.6. The van der Waals surface area contributed by atoms with E-state index in [-0.39, 0.29) is 17.0 Å². The van der Waals surface area contributed by atoms with Crippen LogP contribution in [-0.2, 0) is 14.3 Å². The van der Waals surface area contributed by atoms with Gasteiger partial charge in [0.15, 0.2) is 5.78 Å². The first-order valence-electron chi connectivity index (χ1n) is 11.4. The number of carbonyl (C=O) groups is 2. The Kier molecular flexibility index (Phi) is 3.28. The first-order chi connectivity index (χ1) is 13.0. The van der Waals surface area contributed by atoms with Gasteiger partial charge in [0.1, 0.15) is 5.60 Å². The molecule has 1 spiro atoms. The molecule has 6 rings (SSSR count). The molecule has 1 aliphatic heterocycles. The van der Waals surface area contributed by atoms with Gasteiger partial charge in [0, 0.05) is 24.2 Å². The van der Waals surface area contributed by atoms with E-state index in [1.807, 2.05) is 6.08 Å². The van der Waals surface area contributed by atoms with Gasteiger partial charge in [-0.05, 0) is 80.1 Å². The lowest BCUT2D eigenvalue weighted by molar-refractivity contribution is -0.177. The molecule has 5 aliphatic carbocycles. The molecular formula is C24H32O3. The second-order valence-electron chi connectivity index (χ2n) is 10.8. The van der Waals surface area contributed by atoms with Gasteiger partial charge in [-0.2, -0.15) is 0 Å². The van der Waals surface area contributed by atoms with Crippen molar-refractivity contribution in [2.45, 2.75) is 77.2 Å². The number of fused-ring (bicyclic) bond motifs is 9. The molecule has 9 unspecified atom stereocenters. The molecule has 0 N–H and O–H groups in total. The summed E-state index contributed by atoms with van der Waals surface area (Å²) in [5.41, 5.74) is 1.53. The van der Waals surface area contributed by atoms with Gasteiger partial charge in [-0.25, -0.2) is 0 Å². The highest BCUT2D eigenvalue weighted by Gasteiger charge is 2.79. The molecular weight excluding hydrogens is 336 g/mol. The van der Waals surface area contributed by atoms with Gasteiger partial charge < -0.3 is 4.74 Å². The average Bonchev–Trinajstić information content (AvgIpc) is 3.29. The molecule has 0 aromatic carbocycles. The molecule has 27 heavy (non-hydrogen) atoms. The number of ketones is 1. The van der Waals surface area contributed by atoms with Crippen LogP contribution >= 0.6 is 0 Å². The predicted octanol–water partition coefficient (Wildman–Crippen LogP) is 4.70. The minimum absolute atomic E-state index is 0.0522. The molecule has 0 bridgehead atoms. The van der Waals surface area contributed by atoms with E-state index < -0.39 is 0 Å². The highest BCUT2D eigenvalue weighted by Crippen LogP contribution is 2.79. The summed E-state index contributed by atoms with van der Waals surface area (Å²) in [5, 5.41) is 0. The first-order valence-corrected chi connectivity index (χ1v) is 11.4. The largest absolute Gasteiger partial charge is 0.458 e. The van der Waals surface area contributed by atoms with Crippen molar-refractivity contribution in [3.05, 3.63) is 11.6 Å². The van der Waals surface area contributed by atoms with Gasteiger partial charge in [-0.3, -0.25) is 9.59 Å². The van der Waals surface area contributed by atoms with E-state index in [0.717, 1.165) is 49.4 Å². The van der Waals surface area contributed by atoms with Crippen LogP contribution in [0.25, 0.3) is 0 Å². The van der Waals surface area contributed by atoms with Crippen LogP contribution < -0.4 is 0 Å². The zero-order valence-corrected chi connectivity index (χ0v) is 16.7. The summed E-state index contributed by atoms with van der Waals surface area (Å²) in [4.78, 5) is 24.2. The number of rotatable bonds is 1. The van der Waals surface area contributed by atoms with Crippen molar-refractivity contribution in [3.8, 4) is 0 Å². The van der Waals surface area contributed by atoms with E-state index in [9.17, 15) is 9.59 Å².